The molecule has 1 aromatic heterocycles. The number of fused-ring (bicyclic) bond motifs is 9. The molecule has 0 saturated carbocycles. The van der Waals surface area contributed by atoms with Crippen molar-refractivity contribution in [2.45, 2.75) is 38.5 Å². The predicted molar refractivity (Wildman–Crippen MR) is 186 cm³/mol. The van der Waals surface area contributed by atoms with Gasteiger partial charge in [-0.05, 0) is 99.1 Å². The van der Waals surface area contributed by atoms with Crippen molar-refractivity contribution in [1.82, 2.24) is 4.57 Å². The van der Waals surface area contributed by atoms with E-state index >= 15 is 0 Å². The van der Waals surface area contributed by atoms with Crippen molar-refractivity contribution >= 4 is 33.2 Å². The van der Waals surface area contributed by atoms with Gasteiger partial charge in [-0.3, -0.25) is 0 Å². The van der Waals surface area contributed by atoms with Crippen LogP contribution in [0.25, 0.3) is 49.7 Å². The van der Waals surface area contributed by atoms with E-state index in [0.717, 1.165) is 11.4 Å². The van der Waals surface area contributed by atoms with Crippen LogP contribution in [0.3, 0.4) is 0 Å². The molecule has 0 bridgehead atoms. The number of hydrogen-bond donors (Lipinski definition) is 1. The van der Waals surface area contributed by atoms with Gasteiger partial charge in [0.2, 0.25) is 0 Å². The van der Waals surface area contributed by atoms with Gasteiger partial charge >= 0.3 is 0 Å². The third-order valence-electron chi connectivity index (χ3n) is 10.4. The molecule has 0 aliphatic heterocycles. The first-order chi connectivity index (χ1) is 21.3. The van der Waals surface area contributed by atoms with Crippen LogP contribution in [0.1, 0.15) is 49.9 Å². The molecule has 1 heterocycles. The van der Waals surface area contributed by atoms with Gasteiger partial charge in [-0.2, -0.15) is 0 Å². The van der Waals surface area contributed by atoms with Gasteiger partial charge in [-0.15, -0.1) is 0 Å². The predicted octanol–water partition coefficient (Wildman–Crippen LogP) is 11.1. The fourth-order valence-corrected chi connectivity index (χ4v) is 8.08. The summed E-state index contributed by atoms with van der Waals surface area (Å²) in [5.74, 6) is 0. The SMILES string of the molecule is CC1(C)c2ccccc2-c2ccc(Nc3ccc4c(c3)C(C)(C)c3cc5c6ccccc6n(-c6ccccc6)c5cc3-4)cc21. The highest BCUT2D eigenvalue weighted by Gasteiger charge is 2.37. The summed E-state index contributed by atoms with van der Waals surface area (Å²) < 4.78 is 2.42. The molecule has 2 aliphatic carbocycles. The third-order valence-corrected chi connectivity index (χ3v) is 10.4. The summed E-state index contributed by atoms with van der Waals surface area (Å²) in [7, 11) is 0. The second-order valence-corrected chi connectivity index (χ2v) is 13.5. The van der Waals surface area contributed by atoms with E-state index in [9.17, 15) is 0 Å². The Hall–Kier alpha value is -5.08. The van der Waals surface area contributed by atoms with E-state index < -0.39 is 0 Å². The average molecular weight is 567 g/mol. The molecule has 0 radical (unpaired) electrons. The minimum atomic E-state index is -0.117. The quantitative estimate of drug-likeness (QED) is 0.225. The monoisotopic (exact) mass is 566 g/mol. The molecule has 6 aromatic carbocycles. The molecule has 7 aromatic rings. The van der Waals surface area contributed by atoms with E-state index in [4.69, 9.17) is 0 Å². The number of para-hydroxylation sites is 2. The van der Waals surface area contributed by atoms with Crippen molar-refractivity contribution in [2.24, 2.45) is 0 Å². The summed E-state index contributed by atoms with van der Waals surface area (Å²) in [6.07, 6.45) is 0. The first-order valence-electron chi connectivity index (χ1n) is 15.6. The smallest absolute Gasteiger partial charge is 0.0547 e. The van der Waals surface area contributed by atoms with Crippen LogP contribution in [0.4, 0.5) is 11.4 Å². The molecule has 1 N–H and O–H groups in total. The molecule has 0 amide bonds. The molecule has 212 valence electrons. The Balaban J connectivity index is 1.15. The highest BCUT2D eigenvalue weighted by molar-refractivity contribution is 6.11. The molecule has 0 spiro atoms. The Kier molecular flexibility index (Phi) is 5.05. The summed E-state index contributed by atoms with van der Waals surface area (Å²) in [5, 5.41) is 6.38. The molecule has 2 heteroatoms. The minimum Gasteiger partial charge on any atom is -0.356 e. The fourth-order valence-electron chi connectivity index (χ4n) is 8.08. The van der Waals surface area contributed by atoms with Crippen molar-refractivity contribution in [3.63, 3.8) is 0 Å². The third kappa shape index (κ3) is 3.37. The van der Waals surface area contributed by atoms with Gasteiger partial charge < -0.3 is 9.88 Å². The lowest BCUT2D eigenvalue weighted by Crippen LogP contribution is -2.15. The zero-order valence-corrected chi connectivity index (χ0v) is 25.6. The lowest BCUT2D eigenvalue weighted by molar-refractivity contribution is 0.660. The van der Waals surface area contributed by atoms with E-state index in [2.05, 4.69) is 165 Å². The van der Waals surface area contributed by atoms with Crippen molar-refractivity contribution in [3.05, 3.63) is 150 Å². The average Bonchev–Trinajstić information content (AvgIpc) is 3.57. The summed E-state index contributed by atoms with van der Waals surface area (Å²) in [5.41, 5.74) is 16.7. The second kappa shape index (κ2) is 8.74. The largest absolute Gasteiger partial charge is 0.356 e. The molecule has 9 rings (SSSR count). The van der Waals surface area contributed by atoms with Crippen LogP contribution in [-0.4, -0.2) is 4.57 Å². The number of anilines is 2. The lowest BCUT2D eigenvalue weighted by atomic mass is 9.82. The molecular formula is C42H34N2. The van der Waals surface area contributed by atoms with Crippen LogP contribution in [-0.2, 0) is 10.8 Å². The molecule has 44 heavy (non-hydrogen) atoms. The Labute approximate surface area is 258 Å². The van der Waals surface area contributed by atoms with E-state index in [1.165, 1.54) is 72.0 Å². The highest BCUT2D eigenvalue weighted by Crippen LogP contribution is 2.52. The van der Waals surface area contributed by atoms with Gasteiger partial charge in [0.15, 0.2) is 0 Å². The molecule has 0 fully saturated rings. The minimum absolute atomic E-state index is 0.0160. The van der Waals surface area contributed by atoms with Gasteiger partial charge in [-0.25, -0.2) is 0 Å². The number of nitrogens with zero attached hydrogens (tertiary/aromatic N) is 1. The number of hydrogen-bond acceptors (Lipinski definition) is 1. The summed E-state index contributed by atoms with van der Waals surface area (Å²) >= 11 is 0. The maximum absolute atomic E-state index is 3.77. The van der Waals surface area contributed by atoms with E-state index in [1.807, 2.05) is 0 Å². The maximum atomic E-state index is 3.77. The number of nitrogens with one attached hydrogen (secondary N) is 1. The van der Waals surface area contributed by atoms with Gasteiger partial charge in [0, 0.05) is 38.7 Å². The van der Waals surface area contributed by atoms with Crippen LogP contribution in [0.5, 0.6) is 0 Å². The Morgan fingerprint density at radius 3 is 1.75 bits per heavy atom. The van der Waals surface area contributed by atoms with Crippen LogP contribution >= 0.6 is 0 Å². The van der Waals surface area contributed by atoms with E-state index in [0.29, 0.717) is 0 Å². The molecule has 2 nitrogen and oxygen atoms in total. The van der Waals surface area contributed by atoms with Crippen molar-refractivity contribution in [2.75, 3.05) is 5.32 Å². The molecule has 0 atom stereocenters. The standard InChI is InChI=1S/C42H34N2/c1-41(2)35-16-10-8-14-29(35)30-20-18-26(22-36(30)41)43-27-19-21-31-33-25-40-34(24-38(33)42(3,4)37(31)23-27)32-15-9-11-17-39(32)44(40)28-12-6-5-7-13-28/h5-25,43H,1-4H3. The number of rotatable bonds is 3. The lowest BCUT2D eigenvalue weighted by Gasteiger charge is -2.23. The fraction of sp³-hybridized carbons (Fsp3) is 0.143. The summed E-state index contributed by atoms with van der Waals surface area (Å²) in [6, 6.07) is 47.0. The van der Waals surface area contributed by atoms with Crippen LogP contribution < -0.4 is 5.32 Å². The first kappa shape index (κ1) is 25.4. The zero-order valence-electron chi connectivity index (χ0n) is 25.6. The zero-order chi connectivity index (χ0) is 29.8. The maximum Gasteiger partial charge on any atom is 0.0547 e. The Bertz CT molecular complexity index is 2300. The van der Waals surface area contributed by atoms with E-state index in [1.54, 1.807) is 0 Å². The Morgan fingerprint density at radius 1 is 0.432 bits per heavy atom. The van der Waals surface area contributed by atoms with Gasteiger partial charge in [0.05, 0.1) is 11.0 Å². The normalized spacial score (nSPS) is 15.2. The second-order valence-electron chi connectivity index (χ2n) is 13.5. The topological polar surface area (TPSA) is 17.0 Å². The summed E-state index contributed by atoms with van der Waals surface area (Å²) in [6.45, 7) is 9.42. The van der Waals surface area contributed by atoms with E-state index in [-0.39, 0.29) is 10.8 Å². The summed E-state index contributed by atoms with van der Waals surface area (Å²) in [4.78, 5) is 0. The van der Waals surface area contributed by atoms with Crippen molar-refractivity contribution < 1.29 is 0 Å². The van der Waals surface area contributed by atoms with Crippen molar-refractivity contribution in [3.8, 4) is 27.9 Å². The Morgan fingerprint density at radius 2 is 1.00 bits per heavy atom. The molecular weight excluding hydrogens is 532 g/mol. The number of benzene rings is 6. The van der Waals surface area contributed by atoms with Crippen molar-refractivity contribution in [1.29, 1.82) is 0 Å². The van der Waals surface area contributed by atoms with Crippen LogP contribution in [0.15, 0.2) is 127 Å². The van der Waals surface area contributed by atoms with Gasteiger partial charge in [-0.1, -0.05) is 100 Å². The molecule has 2 aliphatic rings. The van der Waals surface area contributed by atoms with Gasteiger partial charge in [0.1, 0.15) is 0 Å². The van der Waals surface area contributed by atoms with Crippen LogP contribution in [0.2, 0.25) is 0 Å². The first-order valence-corrected chi connectivity index (χ1v) is 15.6. The van der Waals surface area contributed by atoms with Gasteiger partial charge in [0.25, 0.3) is 0 Å². The number of aromatic nitrogens is 1. The molecule has 0 saturated heterocycles. The molecule has 0 unspecified atom stereocenters. The highest BCUT2D eigenvalue weighted by atomic mass is 15.0. The van der Waals surface area contributed by atoms with Crippen LogP contribution in [0, 0.1) is 0 Å².